The van der Waals surface area contributed by atoms with Gasteiger partial charge in [0.05, 0.1) is 7.11 Å². The average Bonchev–Trinajstić information content (AvgIpc) is 2.49. The monoisotopic (exact) mass is 274 g/mol. The fourth-order valence-electron chi connectivity index (χ4n) is 1.40. The van der Waals surface area contributed by atoms with E-state index in [9.17, 15) is 4.79 Å². The Kier molecular flexibility index (Phi) is 6.88. The molecule has 0 amide bonds. The average molecular weight is 274 g/mol. The van der Waals surface area contributed by atoms with Crippen LogP contribution in [0.15, 0.2) is 60.7 Å². The zero-order valence-electron chi connectivity index (χ0n) is 11.0. The number of carbonyl (C=O) groups is 1. The molecule has 0 unspecified atom stereocenters. The molecule has 2 aromatic carbocycles. The standard InChI is InChI=1S/C12H10.C2H5BO5/c1-3-7-11(8-4-1)12-9-5-2-6-10-12;1-7-2(4)8-3(5)6/h1-10H;5-6H,1H3. The molecule has 0 aliphatic rings. The van der Waals surface area contributed by atoms with E-state index in [0.29, 0.717) is 0 Å². The van der Waals surface area contributed by atoms with E-state index in [0.717, 1.165) is 7.11 Å². The molecule has 20 heavy (non-hydrogen) atoms. The predicted molar refractivity (Wildman–Crippen MR) is 75.6 cm³/mol. The second-order valence-corrected chi connectivity index (χ2v) is 3.63. The van der Waals surface area contributed by atoms with Crippen molar-refractivity contribution in [2.45, 2.75) is 0 Å². The van der Waals surface area contributed by atoms with Gasteiger partial charge in [-0.3, -0.25) is 0 Å². The number of methoxy groups -OCH3 is 1. The summed E-state index contributed by atoms with van der Waals surface area (Å²) in [5, 5.41) is 15.8. The lowest BCUT2D eigenvalue weighted by atomic mass is 10.1. The van der Waals surface area contributed by atoms with Gasteiger partial charge in [-0.1, -0.05) is 60.7 Å². The Hall–Kier alpha value is -2.31. The Labute approximate surface area is 117 Å². The Morgan fingerprint density at radius 3 is 1.55 bits per heavy atom. The summed E-state index contributed by atoms with van der Waals surface area (Å²) in [5.41, 5.74) is 2.55. The van der Waals surface area contributed by atoms with Crippen LogP contribution in [0.25, 0.3) is 11.1 Å². The highest BCUT2D eigenvalue weighted by Crippen LogP contribution is 2.17. The highest BCUT2D eigenvalue weighted by molar-refractivity contribution is 6.35. The number of carbonyl (C=O) groups excluding carboxylic acids is 1. The van der Waals surface area contributed by atoms with Crippen LogP contribution in [0.2, 0.25) is 0 Å². The Balaban J connectivity index is 0.000000221. The molecule has 0 aromatic heterocycles. The summed E-state index contributed by atoms with van der Waals surface area (Å²) >= 11 is 0. The summed E-state index contributed by atoms with van der Waals surface area (Å²) in [6, 6.07) is 20.8. The van der Waals surface area contributed by atoms with Crippen molar-refractivity contribution in [3.8, 4) is 11.1 Å². The van der Waals surface area contributed by atoms with Crippen molar-refractivity contribution in [2.75, 3.05) is 7.11 Å². The van der Waals surface area contributed by atoms with Gasteiger partial charge in [-0.2, -0.15) is 0 Å². The van der Waals surface area contributed by atoms with Gasteiger partial charge in [0.15, 0.2) is 0 Å². The summed E-state index contributed by atoms with van der Waals surface area (Å²) in [6.45, 7) is 0. The smallest absolute Gasteiger partial charge is 0.452 e. The lowest BCUT2D eigenvalue weighted by molar-refractivity contribution is 0.0996. The van der Waals surface area contributed by atoms with Gasteiger partial charge in [-0.05, 0) is 11.1 Å². The van der Waals surface area contributed by atoms with Gasteiger partial charge in [0.1, 0.15) is 0 Å². The van der Waals surface area contributed by atoms with E-state index in [1.165, 1.54) is 11.1 Å². The predicted octanol–water partition coefficient (Wildman–Crippen LogP) is 2.09. The molecule has 2 rings (SSSR count). The largest absolute Gasteiger partial charge is 0.711 e. The summed E-state index contributed by atoms with van der Waals surface area (Å²) in [6.07, 6.45) is -1.13. The topological polar surface area (TPSA) is 76.0 Å². The SMILES string of the molecule is COC(=O)OB(O)O.c1ccc(-c2ccccc2)cc1. The van der Waals surface area contributed by atoms with Gasteiger partial charge in [0.2, 0.25) is 0 Å². The van der Waals surface area contributed by atoms with Crippen LogP contribution in [0.3, 0.4) is 0 Å². The summed E-state index contributed by atoms with van der Waals surface area (Å²) in [4.78, 5) is 9.86. The molecule has 0 radical (unpaired) electrons. The molecule has 0 bridgehead atoms. The minimum Gasteiger partial charge on any atom is -0.452 e. The number of hydrogen-bond acceptors (Lipinski definition) is 5. The van der Waals surface area contributed by atoms with Crippen LogP contribution >= 0.6 is 0 Å². The minimum absolute atomic E-state index is 1.06. The van der Waals surface area contributed by atoms with Crippen LogP contribution in [0.5, 0.6) is 0 Å². The van der Waals surface area contributed by atoms with Crippen LogP contribution in [-0.4, -0.2) is 30.6 Å². The van der Waals surface area contributed by atoms with Crippen molar-refractivity contribution >= 4 is 13.5 Å². The van der Waals surface area contributed by atoms with E-state index < -0.39 is 13.5 Å². The highest BCUT2D eigenvalue weighted by atomic mass is 16.8. The van der Waals surface area contributed by atoms with Crippen molar-refractivity contribution < 1.29 is 24.2 Å². The first-order chi connectivity index (χ1) is 9.63. The lowest BCUT2D eigenvalue weighted by Crippen LogP contribution is -2.21. The van der Waals surface area contributed by atoms with Gasteiger partial charge >= 0.3 is 13.5 Å². The molecule has 0 saturated carbocycles. The third-order valence-electron chi connectivity index (χ3n) is 2.25. The van der Waals surface area contributed by atoms with E-state index in [4.69, 9.17) is 10.0 Å². The van der Waals surface area contributed by atoms with E-state index in [2.05, 4.69) is 57.9 Å². The van der Waals surface area contributed by atoms with Crippen LogP contribution in [-0.2, 0) is 9.39 Å². The van der Waals surface area contributed by atoms with Crippen molar-refractivity contribution in [1.82, 2.24) is 0 Å². The molecule has 6 heteroatoms. The molecule has 0 aliphatic heterocycles. The van der Waals surface area contributed by atoms with Crippen molar-refractivity contribution in [1.29, 1.82) is 0 Å². The molecule has 104 valence electrons. The minimum atomic E-state index is -2.09. The van der Waals surface area contributed by atoms with E-state index in [1.807, 2.05) is 12.1 Å². The van der Waals surface area contributed by atoms with Crippen LogP contribution in [0.1, 0.15) is 0 Å². The maximum Gasteiger partial charge on any atom is 0.711 e. The summed E-state index contributed by atoms with van der Waals surface area (Å²) in [7, 11) is -1.03. The zero-order chi connectivity index (χ0) is 14.8. The Bertz CT molecular complexity index is 464. The van der Waals surface area contributed by atoms with Crippen molar-refractivity contribution in [3.63, 3.8) is 0 Å². The van der Waals surface area contributed by atoms with Crippen LogP contribution in [0, 0.1) is 0 Å². The molecule has 0 saturated heterocycles. The van der Waals surface area contributed by atoms with Gasteiger partial charge in [-0.15, -0.1) is 0 Å². The molecule has 0 aliphatic carbocycles. The van der Waals surface area contributed by atoms with E-state index in [-0.39, 0.29) is 0 Å². The summed E-state index contributed by atoms with van der Waals surface area (Å²) in [5.74, 6) is 0. The molecule has 2 N–H and O–H groups in total. The van der Waals surface area contributed by atoms with Gasteiger partial charge in [0, 0.05) is 0 Å². The maximum absolute atomic E-state index is 9.86. The second kappa shape index (κ2) is 8.74. The Morgan fingerprint density at radius 1 is 0.900 bits per heavy atom. The fraction of sp³-hybridized carbons (Fsp3) is 0.0714. The van der Waals surface area contributed by atoms with E-state index >= 15 is 0 Å². The van der Waals surface area contributed by atoms with E-state index in [1.54, 1.807) is 0 Å². The molecular weight excluding hydrogens is 259 g/mol. The highest BCUT2D eigenvalue weighted by Gasteiger charge is 2.15. The number of benzene rings is 2. The molecule has 0 fully saturated rings. The Morgan fingerprint density at radius 2 is 1.30 bits per heavy atom. The zero-order valence-corrected chi connectivity index (χ0v) is 11.0. The maximum atomic E-state index is 9.86. The molecule has 0 atom stereocenters. The third kappa shape index (κ3) is 6.04. The quantitative estimate of drug-likeness (QED) is 0.647. The lowest BCUT2D eigenvalue weighted by Gasteiger charge is -1.98. The van der Waals surface area contributed by atoms with Crippen molar-refractivity contribution in [2.24, 2.45) is 0 Å². The normalized spacial score (nSPS) is 8.95. The van der Waals surface area contributed by atoms with Crippen molar-refractivity contribution in [3.05, 3.63) is 60.7 Å². The van der Waals surface area contributed by atoms with Gasteiger partial charge < -0.3 is 19.4 Å². The van der Waals surface area contributed by atoms with Crippen LogP contribution in [0.4, 0.5) is 4.79 Å². The molecule has 2 aromatic rings. The number of ether oxygens (including phenoxy) is 1. The van der Waals surface area contributed by atoms with Gasteiger partial charge in [0.25, 0.3) is 0 Å². The third-order valence-corrected chi connectivity index (χ3v) is 2.25. The van der Waals surface area contributed by atoms with Gasteiger partial charge in [-0.25, -0.2) is 4.79 Å². The molecule has 0 heterocycles. The number of rotatable bonds is 2. The first kappa shape index (κ1) is 15.8. The molecule has 0 spiro atoms. The fourth-order valence-corrected chi connectivity index (χ4v) is 1.40. The molecule has 5 nitrogen and oxygen atoms in total. The number of hydrogen-bond donors (Lipinski definition) is 2. The first-order valence-corrected chi connectivity index (χ1v) is 5.84. The molecular formula is C14H15BO5. The first-order valence-electron chi connectivity index (χ1n) is 5.84. The van der Waals surface area contributed by atoms with Crippen LogP contribution < -0.4 is 0 Å². The second-order valence-electron chi connectivity index (χ2n) is 3.63. The summed E-state index contributed by atoms with van der Waals surface area (Å²) < 4.78 is 7.53.